The van der Waals surface area contributed by atoms with Crippen LogP contribution in [0.2, 0.25) is 0 Å². The van der Waals surface area contributed by atoms with Crippen molar-refractivity contribution in [3.05, 3.63) is 51.5 Å². The fourth-order valence-corrected chi connectivity index (χ4v) is 5.86. The number of halogens is 3. The highest BCUT2D eigenvalue weighted by molar-refractivity contribution is 7.11. The van der Waals surface area contributed by atoms with E-state index in [0.29, 0.717) is 25.9 Å². The summed E-state index contributed by atoms with van der Waals surface area (Å²) in [5.74, 6) is -0.986. The first-order chi connectivity index (χ1) is 17.1. The molecule has 2 aromatic rings. The van der Waals surface area contributed by atoms with E-state index in [1.54, 1.807) is 22.4 Å². The minimum atomic E-state index is -4.54. The van der Waals surface area contributed by atoms with Gasteiger partial charge in [0, 0.05) is 36.9 Å². The molecule has 1 aromatic heterocycles. The largest absolute Gasteiger partial charge is 0.416 e. The lowest BCUT2D eigenvalue weighted by Crippen LogP contribution is -2.46. The van der Waals surface area contributed by atoms with Crippen LogP contribution in [-0.2, 0) is 23.0 Å². The van der Waals surface area contributed by atoms with E-state index in [-0.39, 0.29) is 30.1 Å². The number of benzene rings is 1. The first-order valence-electron chi connectivity index (χ1n) is 12.2. The van der Waals surface area contributed by atoms with Gasteiger partial charge in [-0.3, -0.25) is 9.59 Å². The van der Waals surface area contributed by atoms with E-state index in [9.17, 15) is 27.9 Å². The number of hydrogen-bond acceptors (Lipinski definition) is 6. The molecule has 1 aliphatic carbocycles. The number of likely N-dealkylation sites (tertiary alicyclic amines) is 1. The third-order valence-corrected chi connectivity index (χ3v) is 8.33. The van der Waals surface area contributed by atoms with Crippen LogP contribution < -0.4 is 10.6 Å². The Morgan fingerprint density at radius 1 is 1.22 bits per heavy atom. The molecular formula is C25H31F3N4O3S. The number of thiazole rings is 1. The van der Waals surface area contributed by atoms with Crippen LogP contribution in [0.1, 0.15) is 64.8 Å². The van der Waals surface area contributed by atoms with Crippen LogP contribution in [0.4, 0.5) is 13.2 Å². The van der Waals surface area contributed by atoms with E-state index in [4.69, 9.17) is 0 Å². The smallest absolute Gasteiger partial charge is 0.384 e. The Hall–Kier alpha value is -2.50. The van der Waals surface area contributed by atoms with Crippen LogP contribution in [-0.4, -0.2) is 58.5 Å². The van der Waals surface area contributed by atoms with Crippen molar-refractivity contribution in [2.45, 2.75) is 69.3 Å². The molecule has 2 heterocycles. The molecule has 0 unspecified atom stereocenters. The summed E-state index contributed by atoms with van der Waals surface area (Å²) in [6, 6.07) is 4.51. The summed E-state index contributed by atoms with van der Waals surface area (Å²) in [6.07, 6.45) is 1.87. The Morgan fingerprint density at radius 2 is 1.97 bits per heavy atom. The molecule has 1 saturated heterocycles. The number of nitrogens with one attached hydrogen (secondary N) is 2. The summed E-state index contributed by atoms with van der Waals surface area (Å²) >= 11 is 1.58. The zero-order valence-electron chi connectivity index (χ0n) is 20.1. The van der Waals surface area contributed by atoms with Crippen LogP contribution in [0.3, 0.4) is 0 Å². The summed E-state index contributed by atoms with van der Waals surface area (Å²) in [6.45, 7) is 2.83. The summed E-state index contributed by atoms with van der Waals surface area (Å²) in [5.41, 5.74) is -1.87. The van der Waals surface area contributed by atoms with Gasteiger partial charge in [-0.05, 0) is 56.7 Å². The maximum absolute atomic E-state index is 12.9. The third-order valence-electron chi connectivity index (χ3n) is 6.99. The Morgan fingerprint density at radius 3 is 2.64 bits per heavy atom. The summed E-state index contributed by atoms with van der Waals surface area (Å²) in [4.78, 5) is 31.8. The number of rotatable bonds is 7. The lowest BCUT2D eigenvalue weighted by molar-refractivity contribution is -0.137. The van der Waals surface area contributed by atoms with Crippen molar-refractivity contribution in [1.82, 2.24) is 20.5 Å². The van der Waals surface area contributed by atoms with Gasteiger partial charge in [0.15, 0.2) is 0 Å². The molecule has 0 bridgehead atoms. The number of carbonyl (C=O) groups excluding carboxylic acids is 2. The van der Waals surface area contributed by atoms with Gasteiger partial charge in [0.25, 0.3) is 5.91 Å². The first-order valence-corrected chi connectivity index (χ1v) is 13.1. The van der Waals surface area contributed by atoms with Gasteiger partial charge in [-0.2, -0.15) is 13.2 Å². The van der Waals surface area contributed by atoms with Crippen LogP contribution in [0.25, 0.3) is 0 Å². The second-order valence-corrected chi connectivity index (χ2v) is 10.6. The van der Waals surface area contributed by atoms with E-state index in [1.165, 1.54) is 12.1 Å². The standard InChI is InChI=1S/C25H31F3N4O3S/c1-2-21-29-13-20(36-21)24(35)9-6-18(7-10-24)31-19-8-11-32(15-19)22(33)14-30-23(34)16-4-3-5-17(12-16)25(26,27)28/h3-5,12-13,18-19,31,35H,2,6-11,14-15H2,1H3,(H,30,34)/t18?,19-,24?/m0/s1. The minimum absolute atomic E-state index is 0.124. The van der Waals surface area contributed by atoms with Crippen LogP contribution >= 0.6 is 11.3 Å². The lowest BCUT2D eigenvalue weighted by atomic mass is 9.81. The van der Waals surface area contributed by atoms with Crippen molar-refractivity contribution < 1.29 is 27.9 Å². The molecule has 1 saturated carbocycles. The number of alkyl halides is 3. The van der Waals surface area contributed by atoms with E-state index >= 15 is 0 Å². The zero-order chi connectivity index (χ0) is 25.9. The average molecular weight is 525 g/mol. The van der Waals surface area contributed by atoms with Gasteiger partial charge in [0.05, 0.1) is 22.0 Å². The molecule has 7 nitrogen and oxygen atoms in total. The Labute approximate surface area is 212 Å². The van der Waals surface area contributed by atoms with E-state index < -0.39 is 23.2 Å². The molecule has 11 heteroatoms. The van der Waals surface area contributed by atoms with Crippen molar-refractivity contribution >= 4 is 23.2 Å². The van der Waals surface area contributed by atoms with Crippen molar-refractivity contribution in [3.8, 4) is 0 Å². The second kappa shape index (κ2) is 10.9. The highest BCUT2D eigenvalue weighted by Gasteiger charge is 2.38. The Kier molecular flexibility index (Phi) is 8.01. The SMILES string of the molecule is CCc1ncc(C2(O)CCC(N[C@H]3CCN(C(=O)CNC(=O)c4cccc(C(F)(F)F)c4)C3)CC2)s1. The predicted molar refractivity (Wildman–Crippen MR) is 130 cm³/mol. The predicted octanol–water partition coefficient (Wildman–Crippen LogP) is 3.48. The molecule has 2 fully saturated rings. The molecule has 1 atom stereocenters. The monoisotopic (exact) mass is 524 g/mol. The van der Waals surface area contributed by atoms with Crippen molar-refractivity contribution in [1.29, 1.82) is 0 Å². The minimum Gasteiger partial charge on any atom is -0.384 e. The highest BCUT2D eigenvalue weighted by Crippen LogP contribution is 2.40. The second-order valence-electron chi connectivity index (χ2n) is 9.53. The molecule has 4 rings (SSSR count). The van der Waals surface area contributed by atoms with Crippen molar-refractivity contribution in [2.75, 3.05) is 19.6 Å². The number of nitrogens with zero attached hydrogens (tertiary/aromatic N) is 2. The molecule has 2 amide bonds. The molecule has 2 aliphatic rings. The lowest BCUT2D eigenvalue weighted by Gasteiger charge is -2.36. The van der Waals surface area contributed by atoms with Gasteiger partial charge in [0.1, 0.15) is 5.60 Å². The van der Waals surface area contributed by atoms with Crippen molar-refractivity contribution in [2.24, 2.45) is 0 Å². The van der Waals surface area contributed by atoms with E-state index in [2.05, 4.69) is 15.6 Å². The first kappa shape index (κ1) is 26.6. The number of carbonyl (C=O) groups is 2. The van der Waals surface area contributed by atoms with Gasteiger partial charge >= 0.3 is 6.18 Å². The van der Waals surface area contributed by atoms with Crippen LogP contribution in [0.15, 0.2) is 30.5 Å². The number of aromatic nitrogens is 1. The maximum Gasteiger partial charge on any atom is 0.416 e. The fraction of sp³-hybridized carbons (Fsp3) is 0.560. The van der Waals surface area contributed by atoms with E-state index in [1.807, 2.05) is 6.92 Å². The summed E-state index contributed by atoms with van der Waals surface area (Å²) < 4.78 is 38.6. The van der Waals surface area contributed by atoms with Gasteiger partial charge in [-0.25, -0.2) is 4.98 Å². The van der Waals surface area contributed by atoms with Crippen molar-refractivity contribution in [3.63, 3.8) is 0 Å². The topological polar surface area (TPSA) is 94.6 Å². The molecule has 196 valence electrons. The number of hydrogen-bond donors (Lipinski definition) is 3. The van der Waals surface area contributed by atoms with Gasteiger partial charge in [-0.15, -0.1) is 11.3 Å². The molecular weight excluding hydrogens is 493 g/mol. The molecule has 0 spiro atoms. The normalized spacial score (nSPS) is 24.6. The van der Waals surface area contributed by atoms with Crippen LogP contribution in [0, 0.1) is 0 Å². The molecule has 36 heavy (non-hydrogen) atoms. The van der Waals surface area contributed by atoms with Crippen LogP contribution in [0.5, 0.6) is 0 Å². The quantitative estimate of drug-likeness (QED) is 0.516. The molecule has 0 radical (unpaired) electrons. The Bertz CT molecular complexity index is 1080. The zero-order valence-corrected chi connectivity index (χ0v) is 20.9. The van der Waals surface area contributed by atoms with E-state index in [0.717, 1.165) is 47.7 Å². The highest BCUT2D eigenvalue weighted by atomic mass is 32.1. The fourth-order valence-electron chi connectivity index (χ4n) is 4.86. The summed E-state index contributed by atoms with van der Waals surface area (Å²) in [7, 11) is 0. The average Bonchev–Trinajstić information content (AvgIpc) is 3.54. The Balaban J connectivity index is 1.21. The molecule has 1 aliphatic heterocycles. The van der Waals surface area contributed by atoms with Gasteiger partial charge in [0.2, 0.25) is 5.91 Å². The van der Waals surface area contributed by atoms with Gasteiger partial charge in [-0.1, -0.05) is 13.0 Å². The van der Waals surface area contributed by atoms with Gasteiger partial charge < -0.3 is 20.6 Å². The number of aliphatic hydroxyl groups is 1. The maximum atomic E-state index is 12.9. The third kappa shape index (κ3) is 6.24. The summed E-state index contributed by atoms with van der Waals surface area (Å²) in [5, 5.41) is 18.2. The molecule has 1 aromatic carbocycles. The number of amides is 2. The molecule has 3 N–H and O–H groups in total. The number of aryl methyl sites for hydroxylation is 1.